The highest BCUT2D eigenvalue weighted by molar-refractivity contribution is 6.29. The smallest absolute Gasteiger partial charge is 0.274 e. The van der Waals surface area contributed by atoms with E-state index in [9.17, 15) is 9.90 Å². The van der Waals surface area contributed by atoms with Crippen molar-refractivity contribution >= 4 is 17.5 Å². The predicted octanol–water partition coefficient (Wildman–Crippen LogP) is -0.0367. The molecule has 1 aromatic heterocycles. The summed E-state index contributed by atoms with van der Waals surface area (Å²) in [5.41, 5.74) is 0.217. The van der Waals surface area contributed by atoms with Crippen LogP contribution in [0.25, 0.3) is 0 Å². The third kappa shape index (κ3) is 2.71. The molecule has 1 aromatic rings. The van der Waals surface area contributed by atoms with Crippen molar-refractivity contribution in [3.05, 3.63) is 23.0 Å². The summed E-state index contributed by atoms with van der Waals surface area (Å²) in [4.78, 5) is 13.6. The molecular weight excluding hydrogens is 246 g/mol. The van der Waals surface area contributed by atoms with Gasteiger partial charge in [0.25, 0.3) is 5.91 Å². The van der Waals surface area contributed by atoms with E-state index in [1.807, 2.05) is 0 Å². The van der Waals surface area contributed by atoms with Crippen molar-refractivity contribution in [2.24, 2.45) is 0 Å². The van der Waals surface area contributed by atoms with Crippen molar-refractivity contribution < 1.29 is 14.6 Å². The first-order valence-corrected chi connectivity index (χ1v) is 5.59. The van der Waals surface area contributed by atoms with Crippen LogP contribution in [0.2, 0.25) is 5.15 Å². The fraction of sp³-hybridized carbons (Fsp3) is 0.500. The monoisotopic (exact) mass is 257 g/mol. The highest BCUT2D eigenvalue weighted by Gasteiger charge is 2.28. The number of amides is 1. The number of carbonyl (C=O) groups excluding carboxylic acids is 1. The maximum absolute atomic E-state index is 12.1. The van der Waals surface area contributed by atoms with Crippen LogP contribution >= 0.6 is 11.6 Å². The molecule has 1 amide bonds. The van der Waals surface area contributed by atoms with Crippen molar-refractivity contribution in [2.75, 3.05) is 26.4 Å². The number of rotatable bonds is 2. The Bertz CT molecular complexity index is 398. The molecule has 1 aliphatic rings. The molecule has 0 spiro atoms. The van der Waals surface area contributed by atoms with Gasteiger partial charge in [0, 0.05) is 6.54 Å². The zero-order chi connectivity index (χ0) is 12.3. The molecule has 92 valence electrons. The van der Waals surface area contributed by atoms with Gasteiger partial charge in [-0.05, 0) is 12.1 Å². The van der Waals surface area contributed by atoms with E-state index in [1.165, 1.54) is 12.1 Å². The van der Waals surface area contributed by atoms with E-state index in [2.05, 4.69) is 10.2 Å². The number of nitrogens with zero attached hydrogens (tertiary/aromatic N) is 3. The number of aliphatic hydroxyl groups excluding tert-OH is 1. The van der Waals surface area contributed by atoms with Gasteiger partial charge in [0.05, 0.1) is 25.9 Å². The molecule has 1 fully saturated rings. The average Bonchev–Trinajstić information content (AvgIpc) is 2.39. The molecule has 2 heterocycles. The lowest BCUT2D eigenvalue weighted by Crippen LogP contribution is -2.50. The molecule has 0 saturated carbocycles. The number of ether oxygens (including phenoxy) is 1. The molecule has 2 rings (SSSR count). The molecule has 1 atom stereocenters. The Morgan fingerprint density at radius 1 is 1.59 bits per heavy atom. The summed E-state index contributed by atoms with van der Waals surface area (Å²) in [7, 11) is 0. The first-order valence-electron chi connectivity index (χ1n) is 5.21. The third-order valence-electron chi connectivity index (χ3n) is 2.55. The normalized spacial score (nSPS) is 20.4. The number of hydrogen-bond acceptors (Lipinski definition) is 5. The summed E-state index contributed by atoms with van der Waals surface area (Å²) in [5.74, 6) is -0.267. The van der Waals surface area contributed by atoms with Gasteiger partial charge >= 0.3 is 0 Å². The molecule has 1 N–H and O–H groups in total. The van der Waals surface area contributed by atoms with Gasteiger partial charge in [0.1, 0.15) is 0 Å². The van der Waals surface area contributed by atoms with Crippen LogP contribution in [-0.2, 0) is 4.74 Å². The predicted molar refractivity (Wildman–Crippen MR) is 59.8 cm³/mol. The van der Waals surface area contributed by atoms with Crippen LogP contribution < -0.4 is 0 Å². The zero-order valence-corrected chi connectivity index (χ0v) is 9.80. The van der Waals surface area contributed by atoms with E-state index in [0.717, 1.165) is 0 Å². The molecule has 0 bridgehead atoms. The minimum Gasteiger partial charge on any atom is -0.394 e. The lowest BCUT2D eigenvalue weighted by Gasteiger charge is -2.34. The average molecular weight is 258 g/mol. The van der Waals surface area contributed by atoms with Crippen LogP contribution in [0.4, 0.5) is 0 Å². The van der Waals surface area contributed by atoms with E-state index in [4.69, 9.17) is 16.3 Å². The molecule has 0 aromatic carbocycles. The Hall–Kier alpha value is -1.24. The summed E-state index contributed by atoms with van der Waals surface area (Å²) < 4.78 is 5.20. The van der Waals surface area contributed by atoms with Gasteiger partial charge in [0.2, 0.25) is 0 Å². The maximum atomic E-state index is 12.1. The minimum absolute atomic E-state index is 0.132. The van der Waals surface area contributed by atoms with E-state index >= 15 is 0 Å². The molecule has 1 unspecified atom stereocenters. The van der Waals surface area contributed by atoms with Gasteiger partial charge in [-0.2, -0.15) is 0 Å². The number of aromatic nitrogens is 2. The second kappa shape index (κ2) is 5.39. The van der Waals surface area contributed by atoms with E-state index in [0.29, 0.717) is 19.8 Å². The lowest BCUT2D eigenvalue weighted by molar-refractivity contribution is -0.0187. The molecule has 6 nitrogen and oxygen atoms in total. The van der Waals surface area contributed by atoms with E-state index < -0.39 is 0 Å². The van der Waals surface area contributed by atoms with Gasteiger partial charge in [-0.1, -0.05) is 11.6 Å². The lowest BCUT2D eigenvalue weighted by atomic mass is 10.2. The molecule has 1 aliphatic heterocycles. The van der Waals surface area contributed by atoms with Gasteiger partial charge in [0.15, 0.2) is 10.8 Å². The van der Waals surface area contributed by atoms with Gasteiger partial charge in [-0.25, -0.2) is 0 Å². The van der Waals surface area contributed by atoms with Crippen molar-refractivity contribution in [2.45, 2.75) is 6.04 Å². The molecule has 7 heteroatoms. The van der Waals surface area contributed by atoms with Crippen LogP contribution in [0, 0.1) is 0 Å². The van der Waals surface area contributed by atoms with E-state index in [1.54, 1.807) is 4.90 Å². The molecule has 0 aliphatic carbocycles. The number of aliphatic hydroxyl groups is 1. The summed E-state index contributed by atoms with van der Waals surface area (Å²) in [6.45, 7) is 1.10. The summed E-state index contributed by atoms with van der Waals surface area (Å²) in [6, 6.07) is 2.70. The van der Waals surface area contributed by atoms with Crippen LogP contribution in [0.1, 0.15) is 10.5 Å². The van der Waals surface area contributed by atoms with Gasteiger partial charge in [-0.3, -0.25) is 4.79 Å². The Balaban J connectivity index is 2.15. The van der Waals surface area contributed by atoms with Crippen LogP contribution in [-0.4, -0.2) is 58.5 Å². The highest BCUT2D eigenvalue weighted by atomic mass is 35.5. The standard InChI is InChI=1S/C10H12ClN3O3/c11-9-2-1-8(12-13-9)10(16)14-3-4-17-6-7(14)5-15/h1-2,7,15H,3-6H2. The molecule has 0 radical (unpaired) electrons. The van der Waals surface area contributed by atoms with E-state index in [-0.39, 0.29) is 29.4 Å². The van der Waals surface area contributed by atoms with Gasteiger partial charge < -0.3 is 14.7 Å². The summed E-state index contributed by atoms with van der Waals surface area (Å²) in [5, 5.41) is 16.8. The van der Waals surface area contributed by atoms with Crippen molar-refractivity contribution in [1.82, 2.24) is 15.1 Å². The number of morpholine rings is 1. The summed E-state index contributed by atoms with van der Waals surface area (Å²) in [6.07, 6.45) is 0. The summed E-state index contributed by atoms with van der Waals surface area (Å²) >= 11 is 5.60. The Labute approximate surface area is 103 Å². The number of carbonyl (C=O) groups is 1. The first kappa shape index (κ1) is 12.2. The largest absolute Gasteiger partial charge is 0.394 e. The van der Waals surface area contributed by atoms with Crippen molar-refractivity contribution in [1.29, 1.82) is 0 Å². The molecule has 17 heavy (non-hydrogen) atoms. The Morgan fingerprint density at radius 2 is 2.41 bits per heavy atom. The number of halogens is 1. The van der Waals surface area contributed by atoms with Crippen molar-refractivity contribution in [3.8, 4) is 0 Å². The number of hydrogen-bond donors (Lipinski definition) is 1. The molecule has 1 saturated heterocycles. The Morgan fingerprint density at radius 3 is 3.06 bits per heavy atom. The van der Waals surface area contributed by atoms with Crippen LogP contribution in [0.3, 0.4) is 0 Å². The third-order valence-corrected chi connectivity index (χ3v) is 2.75. The minimum atomic E-state index is -0.325. The Kier molecular flexibility index (Phi) is 3.88. The zero-order valence-electron chi connectivity index (χ0n) is 9.04. The second-order valence-corrected chi connectivity index (χ2v) is 4.04. The topological polar surface area (TPSA) is 75.6 Å². The highest BCUT2D eigenvalue weighted by Crippen LogP contribution is 2.11. The fourth-order valence-electron chi connectivity index (χ4n) is 1.65. The fourth-order valence-corrected chi connectivity index (χ4v) is 1.75. The second-order valence-electron chi connectivity index (χ2n) is 3.65. The van der Waals surface area contributed by atoms with Crippen molar-refractivity contribution in [3.63, 3.8) is 0 Å². The SMILES string of the molecule is O=C(c1ccc(Cl)nn1)N1CCOCC1CO. The van der Waals surface area contributed by atoms with Gasteiger partial charge in [-0.15, -0.1) is 10.2 Å². The van der Waals surface area contributed by atoms with Crippen LogP contribution in [0.5, 0.6) is 0 Å². The van der Waals surface area contributed by atoms with Crippen LogP contribution in [0.15, 0.2) is 12.1 Å². The first-order chi connectivity index (χ1) is 8.22. The molecular formula is C10H12ClN3O3. The maximum Gasteiger partial charge on any atom is 0.274 e. The quantitative estimate of drug-likeness (QED) is 0.805.